The van der Waals surface area contributed by atoms with Gasteiger partial charge in [-0.1, -0.05) is 19.1 Å². The van der Waals surface area contributed by atoms with Gasteiger partial charge in [0.2, 0.25) is 5.91 Å². The highest BCUT2D eigenvalue weighted by Gasteiger charge is 2.31. The highest BCUT2D eigenvalue weighted by Crippen LogP contribution is 2.18. The lowest BCUT2D eigenvalue weighted by Gasteiger charge is -2.38. The molecule has 2 heterocycles. The molecule has 7 heteroatoms. The first kappa shape index (κ1) is 22.5. The zero-order valence-electron chi connectivity index (χ0n) is 16.9. The molecule has 1 aromatic carbocycles. The van der Waals surface area contributed by atoms with E-state index in [0.717, 1.165) is 32.4 Å². The maximum atomic E-state index is 12.7. The van der Waals surface area contributed by atoms with Crippen molar-refractivity contribution < 1.29 is 14.3 Å². The molecule has 0 aromatic heterocycles. The van der Waals surface area contributed by atoms with Crippen LogP contribution in [0.1, 0.15) is 32.3 Å². The quantitative estimate of drug-likeness (QED) is 0.809. The fourth-order valence-corrected chi connectivity index (χ4v) is 3.79. The van der Waals surface area contributed by atoms with Crippen LogP contribution in [0.25, 0.3) is 0 Å². The Balaban J connectivity index is 0.00000280. The third-order valence-electron chi connectivity index (χ3n) is 5.58. The minimum Gasteiger partial charge on any atom is -0.481 e. The van der Waals surface area contributed by atoms with Crippen LogP contribution in [-0.2, 0) is 16.0 Å². The molecule has 0 aliphatic carbocycles. The molecule has 6 nitrogen and oxygen atoms in total. The van der Waals surface area contributed by atoms with Gasteiger partial charge in [0.25, 0.3) is 5.91 Å². The zero-order valence-corrected chi connectivity index (χ0v) is 17.7. The second kappa shape index (κ2) is 10.7. The topological polar surface area (TPSA) is 61.9 Å². The molecule has 1 atom stereocenters. The Morgan fingerprint density at radius 3 is 2.21 bits per heavy atom. The van der Waals surface area contributed by atoms with Crippen LogP contribution >= 0.6 is 12.4 Å². The molecule has 2 fully saturated rings. The summed E-state index contributed by atoms with van der Waals surface area (Å²) in [6.45, 7) is 8.14. The van der Waals surface area contributed by atoms with Gasteiger partial charge in [0.05, 0.1) is 0 Å². The number of piperidine rings is 1. The number of benzene rings is 1. The van der Waals surface area contributed by atoms with Crippen molar-refractivity contribution in [1.82, 2.24) is 15.1 Å². The van der Waals surface area contributed by atoms with Crippen molar-refractivity contribution in [3.05, 3.63) is 29.8 Å². The van der Waals surface area contributed by atoms with Crippen molar-refractivity contribution in [3.8, 4) is 5.75 Å². The number of ether oxygens (including phenoxy) is 1. The van der Waals surface area contributed by atoms with E-state index in [-0.39, 0.29) is 30.1 Å². The standard InChI is InChI=1S/C21H31N3O3.ClH/c1-3-17-4-6-19(7-5-17)27-16(2)20(25)23-12-14-24(15-13-23)21(26)18-8-10-22-11-9-18;/h4-7,16,18,22H,3,8-15H2,1-2H3;1H. The number of piperazine rings is 1. The molecule has 2 aliphatic rings. The van der Waals surface area contributed by atoms with Gasteiger partial charge in [-0.3, -0.25) is 9.59 Å². The Morgan fingerprint density at radius 2 is 1.64 bits per heavy atom. The molecule has 0 bridgehead atoms. The first-order valence-electron chi connectivity index (χ1n) is 10.1. The number of halogens is 1. The van der Waals surface area contributed by atoms with E-state index in [1.807, 2.05) is 34.1 Å². The Hall–Kier alpha value is -1.79. The van der Waals surface area contributed by atoms with Crippen LogP contribution in [0.15, 0.2) is 24.3 Å². The lowest BCUT2D eigenvalue weighted by atomic mass is 9.96. The molecular formula is C21H32ClN3O3. The fourth-order valence-electron chi connectivity index (χ4n) is 3.79. The maximum Gasteiger partial charge on any atom is 0.263 e. The molecule has 3 rings (SSSR count). The summed E-state index contributed by atoms with van der Waals surface area (Å²) in [7, 11) is 0. The van der Waals surface area contributed by atoms with E-state index in [4.69, 9.17) is 4.74 Å². The van der Waals surface area contributed by atoms with E-state index >= 15 is 0 Å². The summed E-state index contributed by atoms with van der Waals surface area (Å²) in [6.07, 6.45) is 2.29. The van der Waals surface area contributed by atoms with Crippen LogP contribution in [0.3, 0.4) is 0 Å². The molecule has 28 heavy (non-hydrogen) atoms. The number of carbonyl (C=O) groups excluding carboxylic acids is 2. The molecule has 2 amide bonds. The summed E-state index contributed by atoms with van der Waals surface area (Å²) in [5.74, 6) is 1.10. The number of aryl methyl sites for hydroxylation is 1. The van der Waals surface area contributed by atoms with Gasteiger partial charge in [-0.15, -0.1) is 12.4 Å². The summed E-state index contributed by atoms with van der Waals surface area (Å²) in [5, 5.41) is 3.30. The van der Waals surface area contributed by atoms with Crippen molar-refractivity contribution in [2.45, 2.75) is 39.2 Å². The third-order valence-corrected chi connectivity index (χ3v) is 5.58. The third kappa shape index (κ3) is 5.61. The highest BCUT2D eigenvalue weighted by molar-refractivity contribution is 5.85. The summed E-state index contributed by atoms with van der Waals surface area (Å²) in [5.41, 5.74) is 1.25. The van der Waals surface area contributed by atoms with Crippen molar-refractivity contribution in [2.75, 3.05) is 39.3 Å². The number of carbonyl (C=O) groups is 2. The molecular weight excluding hydrogens is 378 g/mol. The van der Waals surface area contributed by atoms with Crippen LogP contribution in [-0.4, -0.2) is 67.0 Å². The average molecular weight is 410 g/mol. The van der Waals surface area contributed by atoms with Crippen LogP contribution < -0.4 is 10.1 Å². The maximum absolute atomic E-state index is 12.7. The van der Waals surface area contributed by atoms with Crippen LogP contribution in [0.2, 0.25) is 0 Å². The van der Waals surface area contributed by atoms with Gasteiger partial charge < -0.3 is 19.9 Å². The smallest absolute Gasteiger partial charge is 0.263 e. The number of hydrogen-bond donors (Lipinski definition) is 1. The van der Waals surface area contributed by atoms with Gasteiger partial charge >= 0.3 is 0 Å². The number of hydrogen-bond acceptors (Lipinski definition) is 4. The first-order chi connectivity index (χ1) is 13.1. The molecule has 1 unspecified atom stereocenters. The summed E-state index contributed by atoms with van der Waals surface area (Å²) in [6, 6.07) is 7.88. The van der Waals surface area contributed by atoms with Gasteiger partial charge in [-0.05, 0) is 57.0 Å². The predicted molar refractivity (Wildman–Crippen MR) is 112 cm³/mol. The summed E-state index contributed by atoms with van der Waals surface area (Å²) >= 11 is 0. The SMILES string of the molecule is CCc1ccc(OC(C)C(=O)N2CCN(C(=O)C3CCNCC3)CC2)cc1.Cl. The van der Waals surface area contributed by atoms with Gasteiger partial charge in [-0.2, -0.15) is 0 Å². The Kier molecular flexibility index (Phi) is 8.58. The van der Waals surface area contributed by atoms with Gasteiger partial charge in [0.15, 0.2) is 6.10 Å². The highest BCUT2D eigenvalue weighted by atomic mass is 35.5. The zero-order chi connectivity index (χ0) is 19.2. The number of nitrogens with one attached hydrogen (secondary N) is 1. The average Bonchev–Trinajstić information content (AvgIpc) is 2.74. The fraction of sp³-hybridized carbons (Fsp3) is 0.619. The van der Waals surface area contributed by atoms with Crippen molar-refractivity contribution >= 4 is 24.2 Å². The molecule has 0 radical (unpaired) electrons. The van der Waals surface area contributed by atoms with Crippen molar-refractivity contribution in [3.63, 3.8) is 0 Å². The number of nitrogens with zero attached hydrogens (tertiary/aromatic N) is 2. The second-order valence-electron chi connectivity index (χ2n) is 7.43. The number of rotatable bonds is 5. The lowest BCUT2D eigenvalue weighted by molar-refractivity contribution is -0.145. The van der Waals surface area contributed by atoms with E-state index in [0.29, 0.717) is 31.9 Å². The molecule has 1 N–H and O–H groups in total. The van der Waals surface area contributed by atoms with Crippen LogP contribution in [0, 0.1) is 5.92 Å². The lowest BCUT2D eigenvalue weighted by Crippen LogP contribution is -2.54. The monoisotopic (exact) mass is 409 g/mol. The molecule has 0 saturated carbocycles. The van der Waals surface area contributed by atoms with Crippen LogP contribution in [0.4, 0.5) is 0 Å². The Labute approximate surface area is 174 Å². The van der Waals surface area contributed by atoms with Gasteiger partial charge in [0, 0.05) is 32.1 Å². The van der Waals surface area contributed by atoms with Gasteiger partial charge in [-0.25, -0.2) is 0 Å². The first-order valence-corrected chi connectivity index (χ1v) is 10.1. The minimum absolute atomic E-state index is 0. The van der Waals surface area contributed by atoms with E-state index in [1.54, 1.807) is 6.92 Å². The molecule has 0 spiro atoms. The van der Waals surface area contributed by atoms with E-state index in [2.05, 4.69) is 12.2 Å². The molecule has 2 saturated heterocycles. The normalized spacial score (nSPS) is 18.9. The Morgan fingerprint density at radius 1 is 1.07 bits per heavy atom. The largest absolute Gasteiger partial charge is 0.481 e. The van der Waals surface area contributed by atoms with E-state index in [1.165, 1.54) is 5.56 Å². The molecule has 156 valence electrons. The minimum atomic E-state index is -0.524. The van der Waals surface area contributed by atoms with Crippen molar-refractivity contribution in [1.29, 1.82) is 0 Å². The molecule has 2 aliphatic heterocycles. The van der Waals surface area contributed by atoms with E-state index in [9.17, 15) is 9.59 Å². The second-order valence-corrected chi connectivity index (χ2v) is 7.43. The number of amides is 2. The molecule has 1 aromatic rings. The Bertz CT molecular complexity index is 639. The van der Waals surface area contributed by atoms with Crippen molar-refractivity contribution in [2.24, 2.45) is 5.92 Å². The predicted octanol–water partition coefficient (Wildman–Crippen LogP) is 2.11. The van der Waals surface area contributed by atoms with Crippen LogP contribution in [0.5, 0.6) is 5.75 Å². The van der Waals surface area contributed by atoms with Gasteiger partial charge in [0.1, 0.15) is 5.75 Å². The van der Waals surface area contributed by atoms with E-state index < -0.39 is 6.10 Å². The summed E-state index contributed by atoms with van der Waals surface area (Å²) in [4.78, 5) is 29.1. The summed E-state index contributed by atoms with van der Waals surface area (Å²) < 4.78 is 5.82.